The number of benzene rings is 1. The van der Waals surface area contributed by atoms with E-state index in [1.54, 1.807) is 0 Å². The number of hydrogen-bond acceptors (Lipinski definition) is 4. The van der Waals surface area contributed by atoms with Gasteiger partial charge in [0.1, 0.15) is 0 Å². The summed E-state index contributed by atoms with van der Waals surface area (Å²) in [7, 11) is 0. The third kappa shape index (κ3) is 4.30. The highest BCUT2D eigenvalue weighted by Gasteiger charge is 2.51. The number of likely N-dealkylation sites (tertiary alicyclic amines) is 2. The van der Waals surface area contributed by atoms with Gasteiger partial charge in [0.05, 0.1) is 12.0 Å². The van der Waals surface area contributed by atoms with Crippen molar-refractivity contribution in [3.63, 3.8) is 0 Å². The molecule has 3 saturated heterocycles. The molecule has 1 aromatic rings. The average Bonchev–Trinajstić information content (AvgIpc) is 3.51. The van der Waals surface area contributed by atoms with E-state index in [2.05, 4.69) is 40.1 Å². The van der Waals surface area contributed by atoms with Crippen molar-refractivity contribution >= 4 is 5.97 Å². The summed E-state index contributed by atoms with van der Waals surface area (Å²) < 4.78 is 5.50. The van der Waals surface area contributed by atoms with Gasteiger partial charge < -0.3 is 9.84 Å². The van der Waals surface area contributed by atoms with Crippen LogP contribution >= 0.6 is 0 Å². The Bertz CT molecular complexity index is 719. The van der Waals surface area contributed by atoms with E-state index in [1.807, 2.05) is 0 Å². The van der Waals surface area contributed by atoms with Gasteiger partial charge in [-0.05, 0) is 74.9 Å². The van der Waals surface area contributed by atoms with E-state index >= 15 is 0 Å². The minimum absolute atomic E-state index is 0.138. The van der Waals surface area contributed by atoms with Crippen molar-refractivity contribution < 1.29 is 14.6 Å². The van der Waals surface area contributed by atoms with Crippen molar-refractivity contribution in [1.29, 1.82) is 0 Å². The maximum Gasteiger partial charge on any atom is 0.305 e. The summed E-state index contributed by atoms with van der Waals surface area (Å²) in [6.07, 6.45) is 7.65. The van der Waals surface area contributed by atoms with Gasteiger partial charge in [-0.3, -0.25) is 14.6 Å². The third-order valence-electron chi connectivity index (χ3n) is 8.25. The van der Waals surface area contributed by atoms with E-state index in [0.717, 1.165) is 70.0 Å². The molecular weight excluding hydrogens is 376 g/mol. The van der Waals surface area contributed by atoms with Crippen LogP contribution in [0.2, 0.25) is 0 Å². The molecule has 5 heteroatoms. The maximum absolute atomic E-state index is 11.7. The summed E-state index contributed by atoms with van der Waals surface area (Å²) in [5.41, 5.74) is 1.38. The molecule has 5 rings (SSSR count). The Labute approximate surface area is 180 Å². The van der Waals surface area contributed by atoms with Crippen LogP contribution in [-0.4, -0.2) is 71.8 Å². The first-order valence-electron chi connectivity index (χ1n) is 12.0. The summed E-state index contributed by atoms with van der Waals surface area (Å²) in [6, 6.07) is 11.6. The predicted octanol–water partition coefficient (Wildman–Crippen LogP) is 3.60. The van der Waals surface area contributed by atoms with E-state index in [4.69, 9.17) is 4.74 Å². The first-order chi connectivity index (χ1) is 14.6. The zero-order valence-electron chi connectivity index (χ0n) is 18.0. The molecule has 0 amide bonds. The lowest BCUT2D eigenvalue weighted by molar-refractivity contribution is -0.151. The van der Waals surface area contributed by atoms with Crippen LogP contribution in [0.1, 0.15) is 56.4 Å². The number of carbonyl (C=O) groups is 1. The standard InChI is InChI=1S/C25H36N2O3/c28-24(29)16-25(17-26(18-25)22-8-12-30-13-9-22)27-10-6-19(7-11-27)14-21-15-23(21)20-4-2-1-3-5-20/h1-5,19,21-23H,6-18H2,(H,28,29)/t21-,23?/m1/s1. The Kier molecular flexibility index (Phi) is 5.87. The van der Waals surface area contributed by atoms with Gasteiger partial charge in [0.15, 0.2) is 0 Å². The average molecular weight is 413 g/mol. The zero-order chi connectivity index (χ0) is 20.6. The number of carboxylic acids is 1. The fourth-order valence-corrected chi connectivity index (χ4v) is 6.41. The van der Waals surface area contributed by atoms with Gasteiger partial charge in [0.2, 0.25) is 0 Å². The molecule has 3 heterocycles. The molecule has 0 aromatic heterocycles. The first kappa shape index (κ1) is 20.5. The van der Waals surface area contributed by atoms with Gasteiger partial charge in [-0.1, -0.05) is 30.3 Å². The molecule has 1 unspecified atom stereocenters. The minimum atomic E-state index is -0.646. The third-order valence-corrected chi connectivity index (χ3v) is 8.25. The number of piperidine rings is 1. The van der Waals surface area contributed by atoms with Crippen LogP contribution in [0.15, 0.2) is 30.3 Å². The predicted molar refractivity (Wildman–Crippen MR) is 117 cm³/mol. The van der Waals surface area contributed by atoms with E-state index in [1.165, 1.54) is 31.2 Å². The van der Waals surface area contributed by atoms with Gasteiger partial charge in [-0.2, -0.15) is 0 Å². The van der Waals surface area contributed by atoms with Crippen LogP contribution < -0.4 is 0 Å². The summed E-state index contributed by atoms with van der Waals surface area (Å²) >= 11 is 0. The molecule has 0 bridgehead atoms. The van der Waals surface area contributed by atoms with E-state index in [9.17, 15) is 9.90 Å². The first-order valence-corrected chi connectivity index (χ1v) is 12.0. The normalized spacial score (nSPS) is 30.7. The van der Waals surface area contributed by atoms with Crippen LogP contribution in [0.25, 0.3) is 0 Å². The summed E-state index contributed by atoms with van der Waals surface area (Å²) in [5.74, 6) is 1.81. The number of carboxylic acid groups (broad SMARTS) is 1. The summed E-state index contributed by atoms with van der Waals surface area (Å²) in [4.78, 5) is 16.7. The van der Waals surface area contributed by atoms with Crippen molar-refractivity contribution in [2.24, 2.45) is 11.8 Å². The lowest BCUT2D eigenvalue weighted by Gasteiger charge is -2.59. The lowest BCUT2D eigenvalue weighted by Crippen LogP contribution is -2.73. The molecular formula is C25H36N2O3. The van der Waals surface area contributed by atoms with Crippen LogP contribution in [0.5, 0.6) is 0 Å². The second kappa shape index (κ2) is 8.60. The van der Waals surface area contributed by atoms with Crippen molar-refractivity contribution in [1.82, 2.24) is 9.80 Å². The Morgan fingerprint density at radius 1 is 1.07 bits per heavy atom. The quantitative estimate of drug-likeness (QED) is 0.742. The van der Waals surface area contributed by atoms with Crippen LogP contribution in [0.3, 0.4) is 0 Å². The van der Waals surface area contributed by atoms with Gasteiger partial charge in [-0.25, -0.2) is 0 Å². The van der Waals surface area contributed by atoms with Gasteiger partial charge in [0, 0.05) is 32.3 Å². The zero-order valence-corrected chi connectivity index (χ0v) is 18.0. The molecule has 30 heavy (non-hydrogen) atoms. The fourth-order valence-electron chi connectivity index (χ4n) is 6.41. The monoisotopic (exact) mass is 412 g/mol. The molecule has 1 saturated carbocycles. The van der Waals surface area contributed by atoms with Crippen molar-refractivity contribution in [2.45, 2.75) is 62.4 Å². The molecule has 1 N–H and O–H groups in total. The molecule has 1 aliphatic carbocycles. The number of hydrogen-bond donors (Lipinski definition) is 1. The highest BCUT2D eigenvalue weighted by Crippen LogP contribution is 2.52. The van der Waals surface area contributed by atoms with Crippen LogP contribution in [0.4, 0.5) is 0 Å². The second-order valence-corrected chi connectivity index (χ2v) is 10.2. The lowest BCUT2D eigenvalue weighted by atomic mass is 9.79. The molecule has 2 atom stereocenters. The smallest absolute Gasteiger partial charge is 0.305 e. The highest BCUT2D eigenvalue weighted by molar-refractivity contribution is 5.69. The van der Waals surface area contributed by atoms with Gasteiger partial charge >= 0.3 is 5.97 Å². The van der Waals surface area contributed by atoms with Crippen molar-refractivity contribution in [3.05, 3.63) is 35.9 Å². The molecule has 4 fully saturated rings. The van der Waals surface area contributed by atoms with Gasteiger partial charge in [0.25, 0.3) is 0 Å². The molecule has 5 nitrogen and oxygen atoms in total. The summed E-state index contributed by atoms with van der Waals surface area (Å²) in [5, 5.41) is 9.59. The van der Waals surface area contributed by atoms with Crippen molar-refractivity contribution in [2.75, 3.05) is 39.4 Å². The van der Waals surface area contributed by atoms with Crippen LogP contribution in [0, 0.1) is 11.8 Å². The van der Waals surface area contributed by atoms with Crippen molar-refractivity contribution in [3.8, 4) is 0 Å². The maximum atomic E-state index is 11.7. The molecule has 164 valence electrons. The topological polar surface area (TPSA) is 53.0 Å². The SMILES string of the molecule is O=C(O)CC1(N2CCC(C[C@@H]3CC3c3ccccc3)CC2)CN(C2CCOCC2)C1. The minimum Gasteiger partial charge on any atom is -0.481 e. The molecule has 4 aliphatic rings. The van der Waals surface area contributed by atoms with Gasteiger partial charge in [-0.15, -0.1) is 0 Å². The molecule has 1 aromatic carbocycles. The molecule has 3 aliphatic heterocycles. The number of ether oxygens (including phenoxy) is 1. The Morgan fingerprint density at radius 2 is 1.77 bits per heavy atom. The second-order valence-electron chi connectivity index (χ2n) is 10.2. The fraction of sp³-hybridized carbons (Fsp3) is 0.720. The Morgan fingerprint density at radius 3 is 2.43 bits per heavy atom. The number of nitrogens with zero attached hydrogens (tertiary/aromatic N) is 2. The van der Waals surface area contributed by atoms with E-state index in [-0.39, 0.29) is 12.0 Å². The molecule has 0 spiro atoms. The number of aliphatic carboxylic acids is 1. The van der Waals surface area contributed by atoms with Crippen LogP contribution in [-0.2, 0) is 9.53 Å². The highest BCUT2D eigenvalue weighted by atomic mass is 16.5. The molecule has 0 radical (unpaired) electrons. The Hall–Kier alpha value is -1.43. The Balaban J connectivity index is 1.12. The van der Waals surface area contributed by atoms with E-state index in [0.29, 0.717) is 6.04 Å². The number of rotatable bonds is 7. The largest absolute Gasteiger partial charge is 0.481 e. The van der Waals surface area contributed by atoms with E-state index < -0.39 is 5.97 Å². The summed E-state index contributed by atoms with van der Waals surface area (Å²) in [6.45, 7) is 5.69.